The molecule has 0 fully saturated rings. The van der Waals surface area contributed by atoms with Crippen LogP contribution in [0.4, 0.5) is 0 Å². The Balaban J connectivity index is 1.82. The smallest absolute Gasteiger partial charge is 0.345 e. The summed E-state index contributed by atoms with van der Waals surface area (Å²) >= 11 is 0. The number of esters is 1. The fourth-order valence-electron chi connectivity index (χ4n) is 2.90. The number of hydrogen-bond donors (Lipinski definition) is 1. The van der Waals surface area contributed by atoms with Crippen LogP contribution in [0, 0.1) is 0 Å². The Bertz CT molecular complexity index is 778. The van der Waals surface area contributed by atoms with E-state index in [9.17, 15) is 9.59 Å². The number of nitrogens with one attached hydrogen (secondary N) is 1. The van der Waals surface area contributed by atoms with E-state index < -0.39 is 5.97 Å². The first-order valence-electron chi connectivity index (χ1n) is 10.2. The molecule has 0 radical (unpaired) electrons. The molecule has 0 saturated carbocycles. The summed E-state index contributed by atoms with van der Waals surface area (Å²) in [6.07, 6.45) is 10.5. The Morgan fingerprint density at radius 3 is 2.55 bits per heavy atom. The number of hydrogen-bond acceptors (Lipinski definition) is 5. The molecule has 6 nitrogen and oxygen atoms in total. The van der Waals surface area contributed by atoms with Crippen molar-refractivity contribution in [3.63, 3.8) is 0 Å². The van der Waals surface area contributed by atoms with Crippen molar-refractivity contribution in [3.05, 3.63) is 53.9 Å². The topological polar surface area (TPSA) is 77.5 Å². The van der Waals surface area contributed by atoms with E-state index in [0.717, 1.165) is 18.4 Å². The molecular formula is C23H30N2O4. The predicted molar refractivity (Wildman–Crippen MR) is 112 cm³/mol. The summed E-state index contributed by atoms with van der Waals surface area (Å²) in [5.41, 5.74) is 1.24. The minimum absolute atomic E-state index is 0.0477. The van der Waals surface area contributed by atoms with Crippen LogP contribution in [-0.2, 0) is 11.3 Å². The van der Waals surface area contributed by atoms with Gasteiger partial charge in [0, 0.05) is 25.4 Å². The molecule has 156 valence electrons. The summed E-state index contributed by atoms with van der Waals surface area (Å²) in [5, 5.41) is 2.93. The lowest BCUT2D eigenvalue weighted by Gasteiger charge is -2.11. The van der Waals surface area contributed by atoms with E-state index >= 15 is 0 Å². The first kappa shape index (κ1) is 22.4. The number of rotatable bonds is 12. The van der Waals surface area contributed by atoms with Gasteiger partial charge in [-0.25, -0.2) is 4.79 Å². The maximum atomic E-state index is 12.2. The van der Waals surface area contributed by atoms with Crippen molar-refractivity contribution in [2.24, 2.45) is 0 Å². The lowest BCUT2D eigenvalue weighted by Crippen LogP contribution is -2.22. The molecule has 1 aromatic carbocycles. The van der Waals surface area contributed by atoms with Crippen molar-refractivity contribution in [3.8, 4) is 11.5 Å². The predicted octanol–water partition coefficient (Wildman–Crippen LogP) is 4.68. The van der Waals surface area contributed by atoms with E-state index in [0.29, 0.717) is 30.0 Å². The van der Waals surface area contributed by atoms with Gasteiger partial charge < -0.3 is 14.8 Å². The van der Waals surface area contributed by atoms with Crippen LogP contribution < -0.4 is 14.8 Å². The Morgan fingerprint density at radius 2 is 1.83 bits per heavy atom. The normalized spacial score (nSPS) is 10.4. The third-order valence-corrected chi connectivity index (χ3v) is 4.58. The van der Waals surface area contributed by atoms with Gasteiger partial charge >= 0.3 is 5.97 Å². The van der Waals surface area contributed by atoms with Crippen LogP contribution in [-0.4, -0.2) is 24.0 Å². The second kappa shape index (κ2) is 12.5. The molecule has 6 heteroatoms. The Morgan fingerprint density at radius 1 is 1.03 bits per heavy atom. The molecule has 0 atom stereocenters. The summed E-state index contributed by atoms with van der Waals surface area (Å²) in [7, 11) is 1.51. The largest absolute Gasteiger partial charge is 0.493 e. The van der Waals surface area contributed by atoms with Gasteiger partial charge in [0.15, 0.2) is 11.5 Å². The van der Waals surface area contributed by atoms with Gasteiger partial charge in [0.05, 0.1) is 12.7 Å². The lowest BCUT2D eigenvalue weighted by atomic mass is 10.1. The Labute approximate surface area is 172 Å². The molecule has 0 aliphatic heterocycles. The highest BCUT2D eigenvalue weighted by Crippen LogP contribution is 2.28. The molecule has 0 unspecified atom stereocenters. The average molecular weight is 399 g/mol. The number of methoxy groups -OCH3 is 1. The van der Waals surface area contributed by atoms with Crippen LogP contribution in [0.2, 0.25) is 0 Å². The third kappa shape index (κ3) is 7.94. The van der Waals surface area contributed by atoms with Crippen molar-refractivity contribution >= 4 is 11.9 Å². The van der Waals surface area contributed by atoms with E-state index in [-0.39, 0.29) is 5.91 Å². The summed E-state index contributed by atoms with van der Waals surface area (Å²) in [6.45, 7) is 2.60. The summed E-state index contributed by atoms with van der Waals surface area (Å²) in [6, 6.07) is 8.54. The van der Waals surface area contributed by atoms with Gasteiger partial charge in [-0.15, -0.1) is 0 Å². The van der Waals surface area contributed by atoms with Gasteiger partial charge in [0.25, 0.3) is 0 Å². The van der Waals surface area contributed by atoms with Crippen LogP contribution in [0.15, 0.2) is 42.7 Å². The molecule has 29 heavy (non-hydrogen) atoms. The number of ether oxygens (including phenoxy) is 2. The number of pyridine rings is 1. The van der Waals surface area contributed by atoms with Crippen molar-refractivity contribution in [1.29, 1.82) is 0 Å². The van der Waals surface area contributed by atoms with E-state index in [4.69, 9.17) is 9.47 Å². The SMILES string of the molecule is CCCCCCCCC(=O)NCc1ccc(OC(=O)c2cccnc2)c(OC)c1. The monoisotopic (exact) mass is 398 g/mol. The maximum absolute atomic E-state index is 12.2. The highest BCUT2D eigenvalue weighted by atomic mass is 16.6. The second-order valence-electron chi connectivity index (χ2n) is 6.91. The number of nitrogens with zero attached hydrogens (tertiary/aromatic N) is 1. The standard InChI is InChI=1S/C23H30N2O4/c1-3-4-5-6-7-8-11-22(26)25-16-18-12-13-20(21(15-18)28-2)29-23(27)19-10-9-14-24-17-19/h9-10,12-15,17H,3-8,11,16H2,1-2H3,(H,25,26). The van der Waals surface area contributed by atoms with Gasteiger partial charge in [-0.2, -0.15) is 0 Å². The summed E-state index contributed by atoms with van der Waals surface area (Å²) < 4.78 is 10.7. The van der Waals surface area contributed by atoms with E-state index in [1.165, 1.54) is 39.0 Å². The fraction of sp³-hybridized carbons (Fsp3) is 0.435. The van der Waals surface area contributed by atoms with Crippen LogP contribution in [0.1, 0.15) is 67.8 Å². The molecule has 0 aliphatic carbocycles. The molecule has 1 aromatic heterocycles. The van der Waals surface area contributed by atoms with Gasteiger partial charge in [-0.3, -0.25) is 9.78 Å². The summed E-state index contributed by atoms with van der Waals surface area (Å²) in [5.74, 6) is 0.302. The van der Waals surface area contributed by atoms with E-state index in [1.807, 2.05) is 0 Å². The highest BCUT2D eigenvalue weighted by molar-refractivity contribution is 5.91. The number of amides is 1. The second-order valence-corrected chi connectivity index (χ2v) is 6.91. The van der Waals surface area contributed by atoms with Crippen molar-refractivity contribution < 1.29 is 19.1 Å². The zero-order valence-electron chi connectivity index (χ0n) is 17.3. The molecule has 1 heterocycles. The zero-order chi connectivity index (χ0) is 20.9. The quantitative estimate of drug-likeness (QED) is 0.319. The number of aromatic nitrogens is 1. The molecule has 0 bridgehead atoms. The number of benzene rings is 1. The fourth-order valence-corrected chi connectivity index (χ4v) is 2.90. The Hall–Kier alpha value is -2.89. The number of unbranched alkanes of at least 4 members (excludes halogenated alkanes) is 5. The number of carbonyl (C=O) groups is 2. The maximum Gasteiger partial charge on any atom is 0.345 e. The molecule has 0 spiro atoms. The van der Waals surface area contributed by atoms with E-state index in [2.05, 4.69) is 17.2 Å². The first-order valence-corrected chi connectivity index (χ1v) is 10.2. The number of carbonyl (C=O) groups excluding carboxylic acids is 2. The van der Waals surface area contributed by atoms with Gasteiger partial charge in [0.2, 0.25) is 5.91 Å². The molecule has 1 amide bonds. The molecule has 0 aliphatic rings. The average Bonchev–Trinajstić information content (AvgIpc) is 2.76. The molecule has 1 N–H and O–H groups in total. The van der Waals surface area contributed by atoms with Crippen molar-refractivity contribution in [2.75, 3.05) is 7.11 Å². The zero-order valence-corrected chi connectivity index (χ0v) is 17.3. The van der Waals surface area contributed by atoms with Gasteiger partial charge in [-0.05, 0) is 36.2 Å². The van der Waals surface area contributed by atoms with Crippen molar-refractivity contribution in [1.82, 2.24) is 10.3 Å². The lowest BCUT2D eigenvalue weighted by molar-refractivity contribution is -0.121. The van der Waals surface area contributed by atoms with Crippen LogP contribution >= 0.6 is 0 Å². The first-order chi connectivity index (χ1) is 14.1. The molecule has 2 aromatic rings. The Kier molecular flexibility index (Phi) is 9.69. The van der Waals surface area contributed by atoms with Crippen LogP contribution in [0.3, 0.4) is 0 Å². The highest BCUT2D eigenvalue weighted by Gasteiger charge is 2.13. The molecular weight excluding hydrogens is 368 g/mol. The van der Waals surface area contributed by atoms with Gasteiger partial charge in [-0.1, -0.05) is 45.1 Å². The third-order valence-electron chi connectivity index (χ3n) is 4.58. The van der Waals surface area contributed by atoms with Crippen LogP contribution in [0.5, 0.6) is 11.5 Å². The molecule has 0 saturated heterocycles. The van der Waals surface area contributed by atoms with Crippen molar-refractivity contribution in [2.45, 2.75) is 58.4 Å². The minimum atomic E-state index is -0.503. The van der Waals surface area contributed by atoms with Gasteiger partial charge in [0.1, 0.15) is 0 Å². The summed E-state index contributed by atoms with van der Waals surface area (Å²) in [4.78, 5) is 28.1. The minimum Gasteiger partial charge on any atom is -0.493 e. The van der Waals surface area contributed by atoms with E-state index in [1.54, 1.807) is 36.5 Å². The molecule has 2 rings (SSSR count). The van der Waals surface area contributed by atoms with Crippen LogP contribution in [0.25, 0.3) is 0 Å².